The molecule has 162 valence electrons. The molecule has 30 heavy (non-hydrogen) atoms. The Hall–Kier alpha value is -2.12. The number of aryl methyl sites for hydroxylation is 1. The fourth-order valence-electron chi connectivity index (χ4n) is 3.60. The van der Waals surface area contributed by atoms with Gasteiger partial charge in [0.2, 0.25) is 0 Å². The molecule has 3 rings (SSSR count). The van der Waals surface area contributed by atoms with Crippen LogP contribution in [0.15, 0.2) is 53.4 Å². The van der Waals surface area contributed by atoms with E-state index in [0.717, 1.165) is 39.1 Å². The first kappa shape index (κ1) is 22.6. The van der Waals surface area contributed by atoms with Gasteiger partial charge in [-0.3, -0.25) is 9.69 Å². The van der Waals surface area contributed by atoms with Crippen LogP contribution < -0.4 is 10.2 Å². The van der Waals surface area contributed by atoms with Crippen LogP contribution in [0.5, 0.6) is 0 Å². The molecule has 1 N–H and O–H groups in total. The second kappa shape index (κ2) is 10.8. The molecule has 1 aliphatic rings. The van der Waals surface area contributed by atoms with Crippen LogP contribution in [0.1, 0.15) is 29.3 Å². The van der Waals surface area contributed by atoms with Gasteiger partial charge in [0.15, 0.2) is 0 Å². The number of halogens is 2. The van der Waals surface area contributed by atoms with Crippen LogP contribution in [0.2, 0.25) is 0 Å². The number of hydrogen-bond acceptors (Lipinski definition) is 4. The smallest absolute Gasteiger partial charge is 0.288 e. The van der Waals surface area contributed by atoms with Crippen molar-refractivity contribution >= 4 is 23.4 Å². The SMILES string of the molecule is Cc1cccc(N2CCN(CCC(C)NC(=O)c3ccc(SC(F)F)cc3)CC2)c1. The van der Waals surface area contributed by atoms with Gasteiger partial charge in [-0.2, -0.15) is 8.78 Å². The Morgan fingerprint density at radius 2 is 1.80 bits per heavy atom. The molecule has 1 saturated heterocycles. The molecule has 0 radical (unpaired) electrons. The van der Waals surface area contributed by atoms with Crippen molar-refractivity contribution in [3.63, 3.8) is 0 Å². The van der Waals surface area contributed by atoms with E-state index in [1.807, 2.05) is 6.92 Å². The van der Waals surface area contributed by atoms with Gasteiger partial charge in [0, 0.05) is 54.9 Å². The van der Waals surface area contributed by atoms with Crippen LogP contribution in [0.4, 0.5) is 14.5 Å². The molecule has 0 aliphatic carbocycles. The number of benzene rings is 2. The standard InChI is InChI=1S/C23H29F2N3OS/c1-17-4-3-5-20(16-17)28-14-12-27(13-15-28)11-10-18(2)26-22(29)19-6-8-21(9-7-19)30-23(24)25/h3-9,16,18,23H,10-15H2,1-2H3,(H,26,29). The zero-order chi connectivity index (χ0) is 21.5. The third kappa shape index (κ3) is 6.71. The van der Waals surface area contributed by atoms with E-state index in [9.17, 15) is 13.6 Å². The van der Waals surface area contributed by atoms with Crippen molar-refractivity contribution in [2.24, 2.45) is 0 Å². The van der Waals surface area contributed by atoms with Gasteiger partial charge in [0.25, 0.3) is 11.7 Å². The molecule has 1 unspecified atom stereocenters. The van der Waals surface area contributed by atoms with Crippen molar-refractivity contribution in [3.05, 3.63) is 59.7 Å². The topological polar surface area (TPSA) is 35.6 Å². The van der Waals surface area contributed by atoms with Gasteiger partial charge in [-0.25, -0.2) is 0 Å². The first-order valence-electron chi connectivity index (χ1n) is 10.3. The van der Waals surface area contributed by atoms with E-state index in [1.54, 1.807) is 24.3 Å². The van der Waals surface area contributed by atoms with Crippen LogP contribution in [-0.2, 0) is 0 Å². The minimum absolute atomic E-state index is 0.0439. The minimum Gasteiger partial charge on any atom is -0.369 e. The van der Waals surface area contributed by atoms with Crippen LogP contribution in [0.25, 0.3) is 0 Å². The Morgan fingerprint density at radius 1 is 1.10 bits per heavy atom. The highest BCUT2D eigenvalue weighted by atomic mass is 32.2. The average Bonchev–Trinajstić information content (AvgIpc) is 2.73. The summed E-state index contributed by atoms with van der Waals surface area (Å²) in [5.74, 6) is -2.62. The lowest BCUT2D eigenvalue weighted by atomic mass is 10.1. The van der Waals surface area contributed by atoms with E-state index in [-0.39, 0.29) is 11.9 Å². The average molecular weight is 434 g/mol. The molecule has 0 saturated carbocycles. The Labute approximate surface area is 181 Å². The number of thioether (sulfide) groups is 1. The number of anilines is 1. The summed E-state index contributed by atoms with van der Waals surface area (Å²) in [4.78, 5) is 17.7. The van der Waals surface area contributed by atoms with Crippen molar-refractivity contribution in [1.82, 2.24) is 10.2 Å². The van der Waals surface area contributed by atoms with E-state index in [4.69, 9.17) is 0 Å². The molecule has 0 spiro atoms. The van der Waals surface area contributed by atoms with E-state index in [2.05, 4.69) is 46.3 Å². The lowest BCUT2D eigenvalue weighted by molar-refractivity contribution is 0.0935. The van der Waals surface area contributed by atoms with E-state index in [1.165, 1.54) is 11.3 Å². The highest BCUT2D eigenvalue weighted by Gasteiger charge is 2.18. The zero-order valence-electron chi connectivity index (χ0n) is 17.5. The Morgan fingerprint density at radius 3 is 2.43 bits per heavy atom. The van der Waals surface area contributed by atoms with Gasteiger partial charge < -0.3 is 10.2 Å². The highest BCUT2D eigenvalue weighted by molar-refractivity contribution is 7.99. The summed E-state index contributed by atoms with van der Waals surface area (Å²) < 4.78 is 24.8. The van der Waals surface area contributed by atoms with Crippen LogP contribution in [0, 0.1) is 6.92 Å². The second-order valence-corrected chi connectivity index (χ2v) is 8.80. The molecule has 1 atom stereocenters. The monoisotopic (exact) mass is 433 g/mol. The van der Waals surface area contributed by atoms with E-state index in [0.29, 0.717) is 22.2 Å². The van der Waals surface area contributed by atoms with Crippen LogP contribution in [0.3, 0.4) is 0 Å². The summed E-state index contributed by atoms with van der Waals surface area (Å²) in [5.41, 5.74) is 3.06. The highest BCUT2D eigenvalue weighted by Crippen LogP contribution is 2.25. The van der Waals surface area contributed by atoms with Crippen molar-refractivity contribution < 1.29 is 13.6 Å². The fraction of sp³-hybridized carbons (Fsp3) is 0.435. The second-order valence-electron chi connectivity index (χ2n) is 7.73. The molecule has 0 bridgehead atoms. The maximum absolute atomic E-state index is 12.4. The lowest BCUT2D eigenvalue weighted by Crippen LogP contribution is -2.47. The van der Waals surface area contributed by atoms with Crippen molar-refractivity contribution in [2.75, 3.05) is 37.6 Å². The first-order valence-corrected chi connectivity index (χ1v) is 11.2. The summed E-state index contributed by atoms with van der Waals surface area (Å²) >= 11 is 0.482. The van der Waals surface area contributed by atoms with E-state index >= 15 is 0 Å². The molecule has 4 nitrogen and oxygen atoms in total. The molecule has 1 fully saturated rings. The summed E-state index contributed by atoms with van der Waals surface area (Å²) in [5, 5.41) is 3.01. The number of rotatable bonds is 8. The maximum atomic E-state index is 12.4. The normalized spacial score (nSPS) is 16.0. The van der Waals surface area contributed by atoms with Gasteiger partial charge in [0.1, 0.15) is 0 Å². The van der Waals surface area contributed by atoms with Gasteiger partial charge in [-0.1, -0.05) is 23.9 Å². The number of amides is 1. The molecule has 2 aromatic rings. The third-order valence-corrected chi connectivity index (χ3v) is 6.06. The minimum atomic E-state index is -2.46. The van der Waals surface area contributed by atoms with Crippen molar-refractivity contribution in [2.45, 2.75) is 37.0 Å². The Kier molecular flexibility index (Phi) is 8.10. The molecule has 2 aromatic carbocycles. The van der Waals surface area contributed by atoms with Gasteiger partial charge in [0.05, 0.1) is 0 Å². The number of hydrogen-bond donors (Lipinski definition) is 1. The zero-order valence-corrected chi connectivity index (χ0v) is 18.3. The number of carbonyl (C=O) groups is 1. The summed E-state index contributed by atoms with van der Waals surface area (Å²) in [6, 6.07) is 15.0. The Balaban J connectivity index is 1.39. The maximum Gasteiger partial charge on any atom is 0.288 e. The third-order valence-electron chi connectivity index (χ3n) is 5.34. The summed E-state index contributed by atoms with van der Waals surface area (Å²) in [7, 11) is 0. The number of nitrogens with zero attached hydrogens (tertiary/aromatic N) is 2. The fourth-order valence-corrected chi connectivity index (χ4v) is 4.10. The quantitative estimate of drug-likeness (QED) is 0.615. The lowest BCUT2D eigenvalue weighted by Gasteiger charge is -2.36. The number of alkyl halides is 2. The molecule has 7 heteroatoms. The largest absolute Gasteiger partial charge is 0.369 e. The van der Waals surface area contributed by atoms with Crippen molar-refractivity contribution in [1.29, 1.82) is 0 Å². The van der Waals surface area contributed by atoms with E-state index < -0.39 is 5.76 Å². The van der Waals surface area contributed by atoms with Crippen LogP contribution in [-0.4, -0.2) is 55.3 Å². The summed E-state index contributed by atoms with van der Waals surface area (Å²) in [6.07, 6.45) is 0.871. The first-order chi connectivity index (χ1) is 14.4. The molecule has 1 aliphatic heterocycles. The predicted molar refractivity (Wildman–Crippen MR) is 120 cm³/mol. The van der Waals surface area contributed by atoms with Gasteiger partial charge in [-0.15, -0.1) is 0 Å². The summed E-state index contributed by atoms with van der Waals surface area (Å²) in [6.45, 7) is 9.09. The Bertz CT molecular complexity index is 823. The van der Waals surface area contributed by atoms with Crippen molar-refractivity contribution in [3.8, 4) is 0 Å². The molecular formula is C23H29F2N3OS. The van der Waals surface area contributed by atoms with Crippen LogP contribution >= 0.6 is 11.8 Å². The molecule has 1 heterocycles. The van der Waals surface area contributed by atoms with Gasteiger partial charge >= 0.3 is 0 Å². The molecule has 0 aromatic heterocycles. The van der Waals surface area contributed by atoms with Gasteiger partial charge in [-0.05, 0) is 62.2 Å². The number of nitrogens with one attached hydrogen (secondary N) is 1. The molecular weight excluding hydrogens is 404 g/mol. The predicted octanol–water partition coefficient (Wildman–Crippen LogP) is 4.64. The number of piperazine rings is 1. The molecule has 1 amide bonds. The number of carbonyl (C=O) groups excluding carboxylic acids is 1.